The molecule has 3 heterocycles. The maximum atomic E-state index is 14.5. The van der Waals surface area contributed by atoms with Gasteiger partial charge in [-0.1, -0.05) is 0 Å². The highest BCUT2D eigenvalue weighted by atomic mass is 19.1. The summed E-state index contributed by atoms with van der Waals surface area (Å²) in [6.45, 7) is -5.92. The third-order valence-electron chi connectivity index (χ3n) is 4.17. The molecule has 27 heavy (non-hydrogen) atoms. The molecule has 7 nitrogen and oxygen atoms in total. The molecule has 1 saturated heterocycles. The van der Waals surface area contributed by atoms with Crippen LogP contribution in [0.3, 0.4) is 0 Å². The summed E-state index contributed by atoms with van der Waals surface area (Å²) in [5.74, 6) is -0.666. The van der Waals surface area contributed by atoms with E-state index in [0.717, 1.165) is 16.9 Å². The molecule has 1 aliphatic heterocycles. The molecule has 9 heteroatoms. The Morgan fingerprint density at radius 2 is 2.19 bits per heavy atom. The number of alkyl halides is 1. The third-order valence-corrected chi connectivity index (χ3v) is 4.17. The maximum Gasteiger partial charge on any atom is 0.322 e. The molecule has 0 aliphatic carbocycles. The van der Waals surface area contributed by atoms with Crippen LogP contribution in [0.15, 0.2) is 36.7 Å². The zero-order valence-corrected chi connectivity index (χ0v) is 13.9. The Labute approximate surface area is 162 Å². The van der Waals surface area contributed by atoms with E-state index in [4.69, 9.17) is 8.22 Å². The van der Waals surface area contributed by atoms with E-state index in [-0.39, 0.29) is 46.1 Å². The van der Waals surface area contributed by atoms with Crippen LogP contribution in [-0.2, 0) is 0 Å². The topological polar surface area (TPSA) is 66.3 Å². The SMILES string of the molecule is [2H]C([2H])([2H])N(c1cnc2nn(-c3cc(NC(=O)N4CC(F)C4)ccc3F)cc2c1)C([2H])([2H])[2H]. The largest absolute Gasteiger partial charge is 0.376 e. The number of carbonyl (C=O) groups excluding carboxylic acids is 1. The quantitative estimate of drug-likeness (QED) is 0.761. The van der Waals surface area contributed by atoms with Crippen LogP contribution in [0, 0.1) is 5.82 Å². The predicted molar refractivity (Wildman–Crippen MR) is 98.6 cm³/mol. The number of aromatic nitrogens is 3. The van der Waals surface area contributed by atoms with Gasteiger partial charge in [-0.05, 0) is 24.3 Å². The van der Waals surface area contributed by atoms with Gasteiger partial charge in [0.25, 0.3) is 0 Å². The van der Waals surface area contributed by atoms with E-state index in [9.17, 15) is 13.6 Å². The Balaban J connectivity index is 1.66. The molecule has 1 N–H and O–H groups in total. The minimum absolute atomic E-state index is 0.0120. The second-order valence-corrected chi connectivity index (χ2v) is 6.11. The van der Waals surface area contributed by atoms with Gasteiger partial charge < -0.3 is 15.1 Å². The van der Waals surface area contributed by atoms with E-state index in [2.05, 4.69) is 15.4 Å². The van der Waals surface area contributed by atoms with Crippen LogP contribution >= 0.6 is 0 Å². The van der Waals surface area contributed by atoms with Gasteiger partial charge >= 0.3 is 6.03 Å². The number of anilines is 2. The fourth-order valence-electron chi connectivity index (χ4n) is 2.71. The Bertz CT molecular complexity index is 1190. The molecule has 0 bridgehead atoms. The van der Waals surface area contributed by atoms with Crippen LogP contribution in [0.25, 0.3) is 16.7 Å². The maximum absolute atomic E-state index is 14.5. The summed E-state index contributed by atoms with van der Waals surface area (Å²) in [4.78, 5) is 17.7. The van der Waals surface area contributed by atoms with Gasteiger partial charge in [0.15, 0.2) is 5.65 Å². The summed E-state index contributed by atoms with van der Waals surface area (Å²) in [7, 11) is 0. The molecule has 2 aromatic heterocycles. The molecule has 0 saturated carbocycles. The lowest BCUT2D eigenvalue weighted by atomic mass is 10.2. The number of urea groups is 1. The summed E-state index contributed by atoms with van der Waals surface area (Å²) in [5, 5.41) is 6.99. The van der Waals surface area contributed by atoms with Gasteiger partial charge in [0, 0.05) is 39.4 Å². The molecule has 0 spiro atoms. The number of rotatable bonds is 3. The van der Waals surface area contributed by atoms with Crippen molar-refractivity contribution in [1.29, 1.82) is 0 Å². The smallest absolute Gasteiger partial charge is 0.322 e. The normalized spacial score (nSPS) is 18.5. The molecule has 3 aromatic rings. The van der Waals surface area contributed by atoms with E-state index in [1.54, 1.807) is 0 Å². The molecule has 1 fully saturated rings. The number of hydrogen-bond acceptors (Lipinski definition) is 4. The Kier molecular flexibility index (Phi) is 2.76. The zero-order chi connectivity index (χ0) is 24.1. The predicted octanol–water partition coefficient (Wildman–Crippen LogP) is 2.81. The highest BCUT2D eigenvalue weighted by Crippen LogP contribution is 2.23. The average molecular weight is 378 g/mol. The summed E-state index contributed by atoms with van der Waals surface area (Å²) in [6, 6.07) is 4.55. The van der Waals surface area contributed by atoms with E-state index >= 15 is 0 Å². The van der Waals surface area contributed by atoms with Gasteiger partial charge in [-0.25, -0.2) is 23.2 Å². The third kappa shape index (κ3) is 3.27. The van der Waals surface area contributed by atoms with Crippen molar-refractivity contribution in [3.63, 3.8) is 0 Å². The highest BCUT2D eigenvalue weighted by molar-refractivity contribution is 5.90. The lowest BCUT2D eigenvalue weighted by Gasteiger charge is -2.34. The lowest BCUT2D eigenvalue weighted by Crippen LogP contribution is -2.53. The minimum atomic E-state index is -2.95. The van der Waals surface area contributed by atoms with Crippen LogP contribution in [0.4, 0.5) is 25.0 Å². The van der Waals surface area contributed by atoms with Crippen LogP contribution in [0.2, 0.25) is 0 Å². The van der Waals surface area contributed by atoms with Crippen molar-refractivity contribution in [3.8, 4) is 5.69 Å². The monoisotopic (exact) mass is 378 g/mol. The number of carbonyl (C=O) groups is 1. The zero-order valence-electron chi connectivity index (χ0n) is 19.9. The van der Waals surface area contributed by atoms with Crippen molar-refractivity contribution < 1.29 is 21.8 Å². The lowest BCUT2D eigenvalue weighted by molar-refractivity contribution is 0.0974. The van der Waals surface area contributed by atoms with Crippen molar-refractivity contribution in [2.45, 2.75) is 6.17 Å². The molecule has 2 amide bonds. The average Bonchev–Trinajstić information content (AvgIpc) is 3.07. The van der Waals surface area contributed by atoms with Gasteiger partial charge in [-0.3, -0.25) is 0 Å². The molecule has 0 unspecified atom stereocenters. The number of hydrogen-bond donors (Lipinski definition) is 1. The second-order valence-electron chi connectivity index (χ2n) is 6.11. The van der Waals surface area contributed by atoms with Gasteiger partial charge in [0.05, 0.1) is 25.0 Å². The van der Waals surface area contributed by atoms with Crippen LogP contribution in [0.1, 0.15) is 8.22 Å². The molecule has 4 rings (SSSR count). The summed E-state index contributed by atoms with van der Waals surface area (Å²) in [5.41, 5.74) is 0.160. The van der Waals surface area contributed by atoms with Gasteiger partial charge in [-0.2, -0.15) is 0 Å². The minimum Gasteiger partial charge on any atom is -0.376 e. The van der Waals surface area contributed by atoms with E-state index in [1.807, 2.05) is 0 Å². The summed E-state index contributed by atoms with van der Waals surface area (Å²) < 4.78 is 73.9. The highest BCUT2D eigenvalue weighted by Gasteiger charge is 2.30. The van der Waals surface area contributed by atoms with Crippen molar-refractivity contribution in [1.82, 2.24) is 19.7 Å². The molecule has 140 valence electrons. The first-order valence-corrected chi connectivity index (χ1v) is 7.98. The van der Waals surface area contributed by atoms with Crippen molar-refractivity contribution in [2.24, 2.45) is 0 Å². The number of benzene rings is 1. The Hall–Kier alpha value is -3.23. The van der Waals surface area contributed by atoms with E-state index < -0.39 is 32.0 Å². The van der Waals surface area contributed by atoms with Crippen molar-refractivity contribution >= 4 is 28.4 Å². The first-order chi connectivity index (χ1) is 15.3. The number of nitrogens with zero attached hydrogens (tertiary/aromatic N) is 5. The molecular weight excluding hydrogens is 354 g/mol. The van der Waals surface area contributed by atoms with E-state index in [1.165, 1.54) is 29.3 Å². The number of nitrogens with one attached hydrogen (secondary N) is 1. The number of halogens is 2. The first kappa shape index (κ1) is 11.5. The number of likely N-dealkylation sites (tertiary alicyclic amines) is 1. The second kappa shape index (κ2) is 6.49. The van der Waals surface area contributed by atoms with Crippen LogP contribution < -0.4 is 10.2 Å². The standard InChI is InChI=1S/C18H18F2N6O/c1-24(2)14-5-11-8-26(23-17(11)21-7-14)16-6-13(3-4-15(16)20)22-18(27)25-9-12(19)10-25/h3-8,12H,9-10H2,1-2H3,(H,22,27)/i1D3,2D3. The molecule has 1 aromatic carbocycles. The number of amides is 2. The molecule has 1 aliphatic rings. The number of fused-ring (bicyclic) bond motifs is 1. The summed E-state index contributed by atoms with van der Waals surface area (Å²) >= 11 is 0. The molecular formula is C18H18F2N6O. The van der Waals surface area contributed by atoms with Gasteiger partial charge in [0.1, 0.15) is 17.7 Å². The first-order valence-electron chi connectivity index (χ1n) is 11.0. The summed E-state index contributed by atoms with van der Waals surface area (Å²) in [6.07, 6.45) is 1.37. The number of pyridine rings is 1. The Morgan fingerprint density at radius 1 is 1.37 bits per heavy atom. The van der Waals surface area contributed by atoms with E-state index in [0.29, 0.717) is 0 Å². The van der Waals surface area contributed by atoms with Crippen molar-refractivity contribution in [3.05, 3.63) is 42.5 Å². The molecule has 0 radical (unpaired) electrons. The van der Waals surface area contributed by atoms with Crippen molar-refractivity contribution in [2.75, 3.05) is 37.3 Å². The molecule has 0 atom stereocenters. The van der Waals surface area contributed by atoms with Gasteiger partial charge in [0.2, 0.25) is 0 Å². The van der Waals surface area contributed by atoms with Gasteiger partial charge in [-0.15, -0.1) is 5.10 Å². The fraction of sp³-hybridized carbons (Fsp3) is 0.278. The van der Waals surface area contributed by atoms with Crippen LogP contribution in [0.5, 0.6) is 0 Å². The Morgan fingerprint density at radius 3 is 2.93 bits per heavy atom. The van der Waals surface area contributed by atoms with Crippen LogP contribution in [-0.4, -0.2) is 58.9 Å². The fourth-order valence-corrected chi connectivity index (χ4v) is 2.71.